The number of hydrogen-bond acceptors (Lipinski definition) is 4. The first kappa shape index (κ1) is 16.2. The largest absolute Gasteiger partial charge is 0.505 e. The minimum atomic E-state index is -0.185. The Hall–Kier alpha value is -3.24. The number of benzene rings is 2. The first-order valence-corrected chi connectivity index (χ1v) is 8.57. The summed E-state index contributed by atoms with van der Waals surface area (Å²) >= 11 is 0. The molecule has 4 rings (SSSR count). The third-order valence-electron chi connectivity index (χ3n) is 4.46. The van der Waals surface area contributed by atoms with Gasteiger partial charge in [-0.2, -0.15) is 0 Å². The lowest BCUT2D eigenvalue weighted by Crippen LogP contribution is -2.22. The predicted molar refractivity (Wildman–Crippen MR) is 103 cm³/mol. The van der Waals surface area contributed by atoms with Gasteiger partial charge in [0.25, 0.3) is 0 Å². The summed E-state index contributed by atoms with van der Waals surface area (Å²) in [5, 5.41) is 15.3. The van der Waals surface area contributed by atoms with Gasteiger partial charge in [0, 0.05) is 36.1 Å². The summed E-state index contributed by atoms with van der Waals surface area (Å²) in [6, 6.07) is 21.7. The topological polar surface area (TPSA) is 58.0 Å². The van der Waals surface area contributed by atoms with Crippen LogP contribution in [-0.4, -0.2) is 15.1 Å². The third kappa shape index (κ3) is 3.27. The Morgan fingerprint density at radius 2 is 1.73 bits per heavy atom. The molecule has 2 heterocycles. The summed E-state index contributed by atoms with van der Waals surface area (Å²) in [4.78, 5) is 8.58. The quantitative estimate of drug-likeness (QED) is 0.571. The van der Waals surface area contributed by atoms with Gasteiger partial charge in [-0.15, -0.1) is 0 Å². The highest BCUT2D eigenvalue weighted by Crippen LogP contribution is 2.34. The van der Waals surface area contributed by atoms with E-state index in [1.807, 2.05) is 60.8 Å². The van der Waals surface area contributed by atoms with Crippen molar-refractivity contribution in [2.45, 2.75) is 12.6 Å². The Bertz CT molecular complexity index is 1000. The van der Waals surface area contributed by atoms with Crippen LogP contribution in [0.4, 0.5) is 0 Å². The summed E-state index contributed by atoms with van der Waals surface area (Å²) in [7, 11) is 0. The molecule has 1 unspecified atom stereocenters. The van der Waals surface area contributed by atoms with Crippen molar-refractivity contribution in [3.05, 3.63) is 102 Å². The van der Waals surface area contributed by atoms with Crippen molar-refractivity contribution in [1.29, 1.82) is 0 Å². The van der Waals surface area contributed by atoms with Gasteiger partial charge in [-0.3, -0.25) is 9.97 Å². The number of phenolic OH excluding ortho intramolecular Hbond substituents is 1. The van der Waals surface area contributed by atoms with Crippen LogP contribution in [0.15, 0.2) is 85.3 Å². The number of nitrogens with one attached hydrogen (secondary N) is 1. The molecule has 0 aliphatic carbocycles. The highest BCUT2D eigenvalue weighted by atomic mass is 16.3. The van der Waals surface area contributed by atoms with Gasteiger partial charge in [0.15, 0.2) is 0 Å². The Kier molecular flexibility index (Phi) is 4.58. The van der Waals surface area contributed by atoms with Crippen molar-refractivity contribution in [1.82, 2.24) is 15.3 Å². The summed E-state index contributed by atoms with van der Waals surface area (Å²) in [5.74, 6) is 0.206. The molecule has 1 atom stereocenters. The van der Waals surface area contributed by atoms with Crippen LogP contribution in [-0.2, 0) is 6.54 Å². The van der Waals surface area contributed by atoms with Crippen LogP contribution in [0.3, 0.4) is 0 Å². The molecule has 0 aliphatic rings. The maximum atomic E-state index is 10.9. The molecule has 0 spiro atoms. The van der Waals surface area contributed by atoms with E-state index < -0.39 is 0 Å². The van der Waals surface area contributed by atoms with Crippen molar-refractivity contribution in [3.63, 3.8) is 0 Å². The fourth-order valence-electron chi connectivity index (χ4n) is 3.15. The highest BCUT2D eigenvalue weighted by molar-refractivity contribution is 5.85. The monoisotopic (exact) mass is 341 g/mol. The molecule has 4 aromatic rings. The zero-order valence-electron chi connectivity index (χ0n) is 14.2. The number of aromatic nitrogens is 2. The first-order valence-electron chi connectivity index (χ1n) is 8.57. The fraction of sp³-hybridized carbons (Fsp3) is 0.0909. The van der Waals surface area contributed by atoms with E-state index in [2.05, 4.69) is 27.4 Å². The Morgan fingerprint density at radius 3 is 2.54 bits per heavy atom. The number of aromatic hydroxyl groups is 1. The average molecular weight is 341 g/mol. The molecule has 128 valence electrons. The molecule has 2 aromatic carbocycles. The molecular weight excluding hydrogens is 322 g/mol. The number of nitrogens with zero attached hydrogens (tertiary/aromatic N) is 2. The molecule has 0 fully saturated rings. The minimum Gasteiger partial charge on any atom is -0.505 e. The normalized spacial score (nSPS) is 12.2. The molecule has 26 heavy (non-hydrogen) atoms. The highest BCUT2D eigenvalue weighted by Gasteiger charge is 2.19. The SMILES string of the molecule is Oc1c(C(NCc2ccccc2)c2cccnc2)ccc2cccnc12. The maximum absolute atomic E-state index is 10.9. The van der Waals surface area contributed by atoms with Crippen molar-refractivity contribution in [3.8, 4) is 5.75 Å². The van der Waals surface area contributed by atoms with Crippen molar-refractivity contribution < 1.29 is 5.11 Å². The van der Waals surface area contributed by atoms with Gasteiger partial charge in [0.05, 0.1) is 6.04 Å². The Balaban J connectivity index is 1.74. The number of fused-ring (bicyclic) bond motifs is 1. The van der Waals surface area contributed by atoms with Crippen LogP contribution in [0.1, 0.15) is 22.7 Å². The lowest BCUT2D eigenvalue weighted by molar-refractivity contribution is 0.461. The van der Waals surface area contributed by atoms with Crippen LogP contribution in [0.2, 0.25) is 0 Å². The Morgan fingerprint density at radius 1 is 0.885 bits per heavy atom. The van der Waals surface area contributed by atoms with Gasteiger partial charge in [-0.1, -0.05) is 54.6 Å². The number of phenols is 1. The molecule has 2 N–H and O–H groups in total. The van der Waals surface area contributed by atoms with Crippen LogP contribution < -0.4 is 5.32 Å². The summed E-state index contributed by atoms with van der Waals surface area (Å²) < 4.78 is 0. The second-order valence-corrected chi connectivity index (χ2v) is 6.16. The second kappa shape index (κ2) is 7.33. The second-order valence-electron chi connectivity index (χ2n) is 6.16. The van der Waals surface area contributed by atoms with E-state index in [9.17, 15) is 5.11 Å². The first-order chi connectivity index (χ1) is 12.8. The van der Waals surface area contributed by atoms with E-state index in [-0.39, 0.29) is 11.8 Å². The van der Waals surface area contributed by atoms with Gasteiger partial charge in [0.1, 0.15) is 11.3 Å². The average Bonchev–Trinajstić information content (AvgIpc) is 2.71. The van der Waals surface area contributed by atoms with Crippen molar-refractivity contribution in [2.75, 3.05) is 0 Å². The number of hydrogen-bond donors (Lipinski definition) is 2. The molecule has 4 nitrogen and oxygen atoms in total. The molecule has 0 radical (unpaired) electrons. The molecule has 0 bridgehead atoms. The maximum Gasteiger partial charge on any atom is 0.146 e. The minimum absolute atomic E-state index is 0.185. The van der Waals surface area contributed by atoms with E-state index in [1.165, 1.54) is 5.56 Å². The zero-order chi connectivity index (χ0) is 17.8. The summed E-state index contributed by atoms with van der Waals surface area (Å²) in [5.41, 5.74) is 3.58. The molecule has 2 aromatic heterocycles. The summed E-state index contributed by atoms with van der Waals surface area (Å²) in [6.07, 6.45) is 5.27. The van der Waals surface area contributed by atoms with Crippen LogP contribution in [0, 0.1) is 0 Å². The summed E-state index contributed by atoms with van der Waals surface area (Å²) in [6.45, 7) is 0.681. The van der Waals surface area contributed by atoms with E-state index >= 15 is 0 Å². The van der Waals surface area contributed by atoms with Gasteiger partial charge in [0.2, 0.25) is 0 Å². The van der Waals surface area contributed by atoms with Crippen molar-refractivity contribution >= 4 is 10.9 Å². The standard InChI is InChI=1S/C22H19N3O/c26-22-19(11-10-17-8-5-13-24-21(17)22)20(18-9-4-12-23-15-18)25-14-16-6-2-1-3-7-16/h1-13,15,20,25-26H,14H2. The lowest BCUT2D eigenvalue weighted by Gasteiger charge is -2.21. The van der Waals surface area contributed by atoms with Gasteiger partial charge < -0.3 is 10.4 Å². The fourth-order valence-corrected chi connectivity index (χ4v) is 3.15. The van der Waals surface area contributed by atoms with Gasteiger partial charge in [-0.25, -0.2) is 0 Å². The van der Waals surface area contributed by atoms with E-state index in [4.69, 9.17) is 0 Å². The smallest absolute Gasteiger partial charge is 0.146 e. The van der Waals surface area contributed by atoms with Gasteiger partial charge in [-0.05, 0) is 23.3 Å². The Labute approximate surface area is 152 Å². The number of pyridine rings is 2. The van der Waals surface area contributed by atoms with Crippen LogP contribution in [0.5, 0.6) is 5.75 Å². The van der Waals surface area contributed by atoms with Gasteiger partial charge >= 0.3 is 0 Å². The molecule has 0 aliphatic heterocycles. The van der Waals surface area contributed by atoms with Crippen LogP contribution in [0.25, 0.3) is 10.9 Å². The van der Waals surface area contributed by atoms with E-state index in [0.29, 0.717) is 12.1 Å². The molecule has 0 saturated carbocycles. The van der Waals surface area contributed by atoms with Crippen LogP contribution >= 0.6 is 0 Å². The predicted octanol–water partition coefficient (Wildman–Crippen LogP) is 4.21. The van der Waals surface area contributed by atoms with E-state index in [1.54, 1.807) is 12.4 Å². The molecule has 0 saturated heterocycles. The van der Waals surface area contributed by atoms with Crippen molar-refractivity contribution in [2.24, 2.45) is 0 Å². The lowest BCUT2D eigenvalue weighted by atomic mass is 9.97. The molecular formula is C22H19N3O. The molecule has 4 heteroatoms. The van der Waals surface area contributed by atoms with E-state index in [0.717, 1.165) is 16.5 Å². The molecule has 0 amide bonds. The number of rotatable bonds is 5. The third-order valence-corrected chi connectivity index (χ3v) is 4.46. The zero-order valence-corrected chi connectivity index (χ0v) is 14.2.